The summed E-state index contributed by atoms with van der Waals surface area (Å²) in [5.41, 5.74) is 2.10. The van der Waals surface area contributed by atoms with Crippen LogP contribution < -0.4 is 5.32 Å². The summed E-state index contributed by atoms with van der Waals surface area (Å²) in [6.07, 6.45) is 0.237. The van der Waals surface area contributed by atoms with Gasteiger partial charge in [-0.2, -0.15) is 0 Å². The third-order valence-corrected chi connectivity index (χ3v) is 3.28. The number of hydrogen-bond acceptors (Lipinski definition) is 3. The highest BCUT2D eigenvalue weighted by atomic mass is 16.2. The van der Waals surface area contributed by atoms with E-state index < -0.39 is 6.04 Å². The van der Waals surface area contributed by atoms with Crippen LogP contribution in [0.25, 0.3) is 0 Å². The lowest BCUT2D eigenvalue weighted by Gasteiger charge is -2.14. The van der Waals surface area contributed by atoms with Crippen molar-refractivity contribution >= 4 is 17.5 Å². The normalized spacial score (nSPS) is 19.8. The fourth-order valence-corrected chi connectivity index (χ4v) is 2.06. The quantitative estimate of drug-likeness (QED) is 0.830. The molecule has 1 unspecified atom stereocenters. The first-order valence-electron chi connectivity index (χ1n) is 6.16. The van der Waals surface area contributed by atoms with E-state index >= 15 is 0 Å². The number of nitrogens with zero attached hydrogens (tertiary/aromatic N) is 1. The molecule has 0 aromatic heterocycles. The molecular formula is C14H18N2O2. The zero-order chi connectivity index (χ0) is 13.3. The third-order valence-electron chi connectivity index (χ3n) is 3.28. The van der Waals surface area contributed by atoms with Crippen molar-refractivity contribution in [2.45, 2.75) is 32.2 Å². The van der Waals surface area contributed by atoms with E-state index in [9.17, 15) is 9.59 Å². The minimum atomic E-state index is -0.426. The van der Waals surface area contributed by atoms with Gasteiger partial charge in [0.25, 0.3) is 5.91 Å². The number of carbonyl (C=O) groups excluding carboxylic acids is 2. The molecule has 1 aliphatic rings. The number of carbonyl (C=O) groups is 2. The lowest BCUT2D eigenvalue weighted by atomic mass is 10.0. The highest BCUT2D eigenvalue weighted by molar-refractivity contribution is 6.06. The fraction of sp³-hybridized carbons (Fsp3) is 0.429. The van der Waals surface area contributed by atoms with Crippen LogP contribution in [0.4, 0.5) is 5.69 Å². The van der Waals surface area contributed by atoms with Crippen molar-refractivity contribution in [2.24, 2.45) is 0 Å². The van der Waals surface area contributed by atoms with Crippen molar-refractivity contribution in [3.05, 3.63) is 29.8 Å². The van der Waals surface area contributed by atoms with Gasteiger partial charge in [-0.1, -0.05) is 26.0 Å². The molecule has 1 aromatic carbocycles. The summed E-state index contributed by atoms with van der Waals surface area (Å²) in [7, 11) is 1.52. The van der Waals surface area contributed by atoms with E-state index in [1.165, 1.54) is 17.5 Å². The van der Waals surface area contributed by atoms with Crippen molar-refractivity contribution in [3.63, 3.8) is 0 Å². The van der Waals surface area contributed by atoms with Crippen LogP contribution in [0.1, 0.15) is 31.7 Å². The molecule has 2 rings (SSSR count). The third kappa shape index (κ3) is 2.37. The fourth-order valence-electron chi connectivity index (χ4n) is 2.06. The number of nitrogens with one attached hydrogen (secondary N) is 1. The van der Waals surface area contributed by atoms with Gasteiger partial charge >= 0.3 is 0 Å². The van der Waals surface area contributed by atoms with Crippen LogP contribution >= 0.6 is 0 Å². The second-order valence-corrected chi connectivity index (χ2v) is 4.97. The van der Waals surface area contributed by atoms with Crippen molar-refractivity contribution in [1.29, 1.82) is 0 Å². The SMILES string of the molecule is CC(C)c1cccc(NC2CC(=O)N(C)C2=O)c1. The van der Waals surface area contributed by atoms with Crippen molar-refractivity contribution in [1.82, 2.24) is 4.90 Å². The summed E-state index contributed by atoms with van der Waals surface area (Å²) >= 11 is 0. The smallest absolute Gasteiger partial charge is 0.251 e. The molecule has 18 heavy (non-hydrogen) atoms. The summed E-state index contributed by atoms with van der Waals surface area (Å²) in [4.78, 5) is 24.4. The zero-order valence-electron chi connectivity index (χ0n) is 10.9. The van der Waals surface area contributed by atoms with Crippen LogP contribution in [0, 0.1) is 0 Å². The van der Waals surface area contributed by atoms with Crippen LogP contribution in [-0.4, -0.2) is 29.8 Å². The van der Waals surface area contributed by atoms with Crippen LogP contribution in [-0.2, 0) is 9.59 Å². The van der Waals surface area contributed by atoms with Gasteiger partial charge in [0.15, 0.2) is 0 Å². The topological polar surface area (TPSA) is 49.4 Å². The lowest BCUT2D eigenvalue weighted by molar-refractivity contribution is -0.136. The molecule has 4 nitrogen and oxygen atoms in total. The Balaban J connectivity index is 2.13. The summed E-state index contributed by atoms with van der Waals surface area (Å²) < 4.78 is 0. The molecule has 1 aliphatic heterocycles. The minimum absolute atomic E-state index is 0.127. The predicted octanol–water partition coefficient (Wildman–Crippen LogP) is 1.98. The van der Waals surface area contributed by atoms with Crippen LogP contribution in [0.2, 0.25) is 0 Å². The lowest BCUT2D eigenvalue weighted by Crippen LogP contribution is -2.31. The van der Waals surface area contributed by atoms with Gasteiger partial charge in [0, 0.05) is 12.7 Å². The van der Waals surface area contributed by atoms with E-state index in [4.69, 9.17) is 0 Å². The van der Waals surface area contributed by atoms with Crippen molar-refractivity contribution in [3.8, 4) is 0 Å². The van der Waals surface area contributed by atoms with Crippen LogP contribution in [0.5, 0.6) is 0 Å². The molecule has 2 amide bonds. The molecule has 96 valence electrons. The average molecular weight is 246 g/mol. The zero-order valence-corrected chi connectivity index (χ0v) is 10.9. The van der Waals surface area contributed by atoms with Gasteiger partial charge in [0.2, 0.25) is 5.91 Å². The second kappa shape index (κ2) is 4.80. The maximum Gasteiger partial charge on any atom is 0.251 e. The van der Waals surface area contributed by atoms with Crippen LogP contribution in [0.15, 0.2) is 24.3 Å². The van der Waals surface area contributed by atoms with Crippen LogP contribution in [0.3, 0.4) is 0 Å². The maximum absolute atomic E-state index is 11.8. The first kappa shape index (κ1) is 12.6. The van der Waals surface area contributed by atoms with Crippen molar-refractivity contribution in [2.75, 3.05) is 12.4 Å². The Morgan fingerprint density at radius 1 is 1.33 bits per heavy atom. The molecule has 1 aromatic rings. The van der Waals surface area contributed by atoms with Gasteiger partial charge in [0.1, 0.15) is 6.04 Å². The maximum atomic E-state index is 11.8. The van der Waals surface area contributed by atoms with Gasteiger partial charge in [-0.05, 0) is 23.6 Å². The number of benzene rings is 1. The molecule has 0 radical (unpaired) electrons. The number of rotatable bonds is 3. The summed E-state index contributed by atoms with van der Waals surface area (Å²) in [6, 6.07) is 7.54. The molecule has 0 bridgehead atoms. The molecule has 1 heterocycles. The highest BCUT2D eigenvalue weighted by Crippen LogP contribution is 2.21. The first-order chi connectivity index (χ1) is 8.49. The Bertz CT molecular complexity index is 482. The number of likely N-dealkylation sites (tertiary alicyclic amines) is 1. The van der Waals surface area contributed by atoms with E-state index in [-0.39, 0.29) is 18.2 Å². The summed E-state index contributed by atoms with van der Waals surface area (Å²) in [6.45, 7) is 4.24. The van der Waals surface area contributed by atoms with E-state index in [0.717, 1.165) is 5.69 Å². The predicted molar refractivity (Wildman–Crippen MR) is 70.3 cm³/mol. The molecule has 4 heteroatoms. The summed E-state index contributed by atoms with van der Waals surface area (Å²) in [5.74, 6) is 0.155. The Kier molecular flexibility index (Phi) is 3.36. The van der Waals surface area contributed by atoms with Crippen molar-refractivity contribution < 1.29 is 9.59 Å². The molecule has 1 atom stereocenters. The van der Waals surface area contributed by atoms with Gasteiger partial charge < -0.3 is 5.32 Å². The van der Waals surface area contributed by atoms with Gasteiger partial charge in [0.05, 0.1) is 6.42 Å². The molecule has 1 fully saturated rings. The first-order valence-corrected chi connectivity index (χ1v) is 6.16. The van der Waals surface area contributed by atoms with Gasteiger partial charge in [-0.3, -0.25) is 14.5 Å². The Morgan fingerprint density at radius 3 is 2.61 bits per heavy atom. The van der Waals surface area contributed by atoms with E-state index in [1.807, 2.05) is 18.2 Å². The minimum Gasteiger partial charge on any atom is -0.373 e. The van der Waals surface area contributed by atoms with Gasteiger partial charge in [-0.25, -0.2) is 0 Å². The molecular weight excluding hydrogens is 228 g/mol. The Morgan fingerprint density at radius 2 is 2.06 bits per heavy atom. The Labute approximate surface area is 107 Å². The van der Waals surface area contributed by atoms with E-state index in [1.54, 1.807) is 0 Å². The average Bonchev–Trinajstić information content (AvgIpc) is 2.57. The second-order valence-electron chi connectivity index (χ2n) is 4.97. The molecule has 0 aliphatic carbocycles. The number of hydrogen-bond donors (Lipinski definition) is 1. The van der Waals surface area contributed by atoms with E-state index in [2.05, 4.69) is 25.2 Å². The Hall–Kier alpha value is -1.84. The largest absolute Gasteiger partial charge is 0.373 e. The number of amides is 2. The molecule has 1 saturated heterocycles. The number of likely N-dealkylation sites (N-methyl/N-ethyl adjacent to an activating group) is 1. The number of imide groups is 1. The molecule has 0 spiro atoms. The summed E-state index contributed by atoms with van der Waals surface area (Å²) in [5, 5.41) is 3.13. The number of anilines is 1. The molecule has 1 N–H and O–H groups in total. The highest BCUT2D eigenvalue weighted by Gasteiger charge is 2.35. The standard InChI is InChI=1S/C14H18N2O2/c1-9(2)10-5-4-6-11(7-10)15-12-8-13(17)16(3)14(12)18/h4-7,9,12,15H,8H2,1-3H3. The van der Waals surface area contributed by atoms with E-state index in [0.29, 0.717) is 5.92 Å². The monoisotopic (exact) mass is 246 g/mol. The molecule has 0 saturated carbocycles. The van der Waals surface area contributed by atoms with Gasteiger partial charge in [-0.15, -0.1) is 0 Å².